The molecule has 0 amide bonds. The lowest BCUT2D eigenvalue weighted by Gasteiger charge is -2.47. The minimum absolute atomic E-state index is 0.169. The molecule has 3 aromatic carbocycles. The predicted octanol–water partition coefficient (Wildman–Crippen LogP) is 3.92. The van der Waals surface area contributed by atoms with Crippen LogP contribution in [-0.4, -0.2) is 56.4 Å². The third-order valence-corrected chi connectivity index (χ3v) is 6.09. The van der Waals surface area contributed by atoms with Gasteiger partial charge in [-0.25, -0.2) is 9.59 Å². The molecule has 0 aliphatic carbocycles. The Bertz CT molecular complexity index is 1150. The molecule has 0 saturated carbocycles. The van der Waals surface area contributed by atoms with Gasteiger partial charge in [0.1, 0.15) is 12.2 Å². The first-order valence-corrected chi connectivity index (χ1v) is 11.7. The second-order valence-corrected chi connectivity index (χ2v) is 8.43. The van der Waals surface area contributed by atoms with Crippen molar-refractivity contribution in [3.8, 4) is 0 Å². The molecule has 186 valence electrons. The Morgan fingerprint density at radius 3 is 1.81 bits per heavy atom. The van der Waals surface area contributed by atoms with Crippen LogP contribution < -0.4 is 0 Å². The standard InChI is InChI=1S/C28H26O8/c1-31-28-24(35-26(30)19-13-7-3-8-14-19)23(34-25(29)18-11-5-2-6-12-18)22-21(33-28)17-32-27(36-22)20-15-9-4-10-16-20/h2-16,21-24,27-28H,17H2,1H3/t21-,22-,23+,24+,27-,28+/m0/s1. The second kappa shape index (κ2) is 11.0. The minimum Gasteiger partial charge on any atom is -0.452 e. The number of hydrogen-bond acceptors (Lipinski definition) is 8. The van der Waals surface area contributed by atoms with Gasteiger partial charge in [-0.15, -0.1) is 0 Å². The van der Waals surface area contributed by atoms with Crippen LogP contribution in [0.4, 0.5) is 0 Å². The van der Waals surface area contributed by atoms with Crippen LogP contribution in [0.15, 0.2) is 91.0 Å². The van der Waals surface area contributed by atoms with Gasteiger partial charge in [0, 0.05) is 12.7 Å². The van der Waals surface area contributed by atoms with E-state index in [2.05, 4.69) is 0 Å². The lowest BCUT2D eigenvalue weighted by molar-refractivity contribution is -0.356. The van der Waals surface area contributed by atoms with Crippen molar-refractivity contribution in [3.63, 3.8) is 0 Å². The van der Waals surface area contributed by atoms with Gasteiger partial charge in [0.25, 0.3) is 0 Å². The van der Waals surface area contributed by atoms with Gasteiger partial charge in [0.05, 0.1) is 17.7 Å². The monoisotopic (exact) mass is 490 g/mol. The molecule has 2 aliphatic rings. The molecule has 2 fully saturated rings. The van der Waals surface area contributed by atoms with E-state index in [0.717, 1.165) is 5.56 Å². The van der Waals surface area contributed by atoms with Crippen LogP contribution in [0.5, 0.6) is 0 Å². The summed E-state index contributed by atoms with van der Waals surface area (Å²) in [4.78, 5) is 26.1. The fourth-order valence-corrected chi connectivity index (χ4v) is 4.31. The van der Waals surface area contributed by atoms with Gasteiger partial charge in [-0.2, -0.15) is 0 Å². The molecule has 0 radical (unpaired) electrons. The molecular weight excluding hydrogens is 464 g/mol. The first kappa shape index (κ1) is 24.1. The molecule has 36 heavy (non-hydrogen) atoms. The van der Waals surface area contributed by atoms with E-state index in [4.69, 9.17) is 28.4 Å². The van der Waals surface area contributed by atoms with Crippen molar-refractivity contribution < 1.29 is 38.0 Å². The highest BCUT2D eigenvalue weighted by molar-refractivity contribution is 5.90. The molecule has 2 aliphatic heterocycles. The van der Waals surface area contributed by atoms with Gasteiger partial charge in [-0.05, 0) is 24.3 Å². The normalized spacial score (nSPS) is 27.5. The average molecular weight is 491 g/mol. The van der Waals surface area contributed by atoms with E-state index < -0.39 is 48.9 Å². The smallest absolute Gasteiger partial charge is 0.338 e. The van der Waals surface area contributed by atoms with Crippen molar-refractivity contribution in [1.29, 1.82) is 0 Å². The molecule has 8 nitrogen and oxygen atoms in total. The molecule has 2 heterocycles. The van der Waals surface area contributed by atoms with E-state index >= 15 is 0 Å². The molecule has 0 bridgehead atoms. The second-order valence-electron chi connectivity index (χ2n) is 8.43. The summed E-state index contributed by atoms with van der Waals surface area (Å²) in [6, 6.07) is 26.5. The Labute approximate surface area is 208 Å². The average Bonchev–Trinajstić information content (AvgIpc) is 2.95. The number of carbonyl (C=O) groups is 2. The highest BCUT2D eigenvalue weighted by Gasteiger charge is 2.54. The highest BCUT2D eigenvalue weighted by atomic mass is 16.8. The maximum absolute atomic E-state index is 13.1. The van der Waals surface area contributed by atoms with E-state index in [1.54, 1.807) is 60.7 Å². The first-order chi connectivity index (χ1) is 17.6. The fraction of sp³-hybridized carbons (Fsp3) is 0.286. The zero-order valence-electron chi connectivity index (χ0n) is 19.6. The molecule has 8 heteroatoms. The minimum atomic E-state index is -1.09. The highest BCUT2D eigenvalue weighted by Crippen LogP contribution is 2.37. The topological polar surface area (TPSA) is 89.5 Å². The number of fused-ring (bicyclic) bond motifs is 1. The summed E-state index contributed by atoms with van der Waals surface area (Å²) in [5.41, 5.74) is 1.50. The van der Waals surface area contributed by atoms with Crippen molar-refractivity contribution in [2.75, 3.05) is 13.7 Å². The van der Waals surface area contributed by atoms with E-state index in [1.807, 2.05) is 30.3 Å². The number of esters is 2. The summed E-state index contributed by atoms with van der Waals surface area (Å²) in [6.07, 6.45) is -5.23. The van der Waals surface area contributed by atoms with E-state index in [9.17, 15) is 9.59 Å². The van der Waals surface area contributed by atoms with Crippen LogP contribution in [0.1, 0.15) is 32.6 Å². The van der Waals surface area contributed by atoms with Crippen LogP contribution in [0.2, 0.25) is 0 Å². The van der Waals surface area contributed by atoms with Crippen molar-refractivity contribution in [2.24, 2.45) is 0 Å². The Kier molecular flexibility index (Phi) is 7.39. The van der Waals surface area contributed by atoms with Gasteiger partial charge in [-0.3, -0.25) is 0 Å². The number of methoxy groups -OCH3 is 1. The summed E-state index contributed by atoms with van der Waals surface area (Å²) in [7, 11) is 1.43. The zero-order chi connectivity index (χ0) is 24.9. The molecule has 6 atom stereocenters. The lowest BCUT2D eigenvalue weighted by atomic mass is 9.97. The first-order valence-electron chi connectivity index (χ1n) is 11.7. The molecule has 2 saturated heterocycles. The van der Waals surface area contributed by atoms with Gasteiger partial charge in [-0.1, -0.05) is 66.7 Å². The van der Waals surface area contributed by atoms with Gasteiger partial charge < -0.3 is 28.4 Å². The van der Waals surface area contributed by atoms with Crippen LogP contribution in [0.3, 0.4) is 0 Å². The quantitative estimate of drug-likeness (QED) is 0.481. The Balaban J connectivity index is 1.46. The SMILES string of the molecule is CO[C@@H]1O[C@H]2CO[C@H](c3ccccc3)O[C@@H]2[C@@H](OC(=O)c2ccccc2)[C@H]1OC(=O)c1ccccc1. The summed E-state index contributed by atoms with van der Waals surface area (Å²) < 4.78 is 35.5. The van der Waals surface area contributed by atoms with E-state index in [-0.39, 0.29) is 6.61 Å². The Hall–Kier alpha value is -3.56. The largest absolute Gasteiger partial charge is 0.452 e. The summed E-state index contributed by atoms with van der Waals surface area (Å²) in [5, 5.41) is 0. The van der Waals surface area contributed by atoms with E-state index in [1.165, 1.54) is 7.11 Å². The summed E-state index contributed by atoms with van der Waals surface area (Å²) in [6.45, 7) is 0.169. The molecule has 0 spiro atoms. The zero-order valence-corrected chi connectivity index (χ0v) is 19.6. The van der Waals surface area contributed by atoms with Gasteiger partial charge in [0.2, 0.25) is 0 Å². The molecule has 0 unspecified atom stereocenters. The van der Waals surface area contributed by atoms with Crippen LogP contribution in [-0.2, 0) is 28.4 Å². The van der Waals surface area contributed by atoms with Crippen molar-refractivity contribution in [2.45, 2.75) is 37.0 Å². The molecule has 5 rings (SSSR count). The molecule has 0 N–H and O–H groups in total. The number of rotatable bonds is 6. The van der Waals surface area contributed by atoms with Crippen molar-refractivity contribution in [3.05, 3.63) is 108 Å². The number of benzene rings is 3. The van der Waals surface area contributed by atoms with Crippen LogP contribution >= 0.6 is 0 Å². The van der Waals surface area contributed by atoms with Crippen LogP contribution in [0.25, 0.3) is 0 Å². The van der Waals surface area contributed by atoms with Gasteiger partial charge in [0.15, 0.2) is 24.8 Å². The van der Waals surface area contributed by atoms with Gasteiger partial charge >= 0.3 is 11.9 Å². The molecule has 0 aromatic heterocycles. The van der Waals surface area contributed by atoms with Crippen molar-refractivity contribution in [1.82, 2.24) is 0 Å². The number of ether oxygens (including phenoxy) is 6. The third-order valence-electron chi connectivity index (χ3n) is 6.09. The number of carbonyl (C=O) groups excluding carboxylic acids is 2. The molecular formula is C28H26O8. The summed E-state index contributed by atoms with van der Waals surface area (Å²) in [5.74, 6) is -1.18. The van der Waals surface area contributed by atoms with Crippen molar-refractivity contribution >= 4 is 11.9 Å². The Morgan fingerprint density at radius 2 is 1.25 bits per heavy atom. The fourth-order valence-electron chi connectivity index (χ4n) is 4.31. The predicted molar refractivity (Wildman–Crippen MR) is 127 cm³/mol. The van der Waals surface area contributed by atoms with Crippen LogP contribution in [0, 0.1) is 0 Å². The molecule has 3 aromatic rings. The maximum Gasteiger partial charge on any atom is 0.338 e. The third kappa shape index (κ3) is 5.17. The number of hydrogen-bond donors (Lipinski definition) is 0. The Morgan fingerprint density at radius 1 is 0.722 bits per heavy atom. The van der Waals surface area contributed by atoms with E-state index in [0.29, 0.717) is 11.1 Å². The maximum atomic E-state index is 13.1. The summed E-state index contributed by atoms with van der Waals surface area (Å²) >= 11 is 0. The lowest BCUT2D eigenvalue weighted by Crippen LogP contribution is -2.64.